The zero-order valence-electron chi connectivity index (χ0n) is 13.7. The molecule has 1 aliphatic rings. The molecular formula is C19H18F3NOS. The summed E-state index contributed by atoms with van der Waals surface area (Å²) >= 11 is 1.57. The van der Waals surface area contributed by atoms with Gasteiger partial charge in [-0.1, -0.05) is 31.2 Å². The molecule has 0 saturated carbocycles. The quantitative estimate of drug-likeness (QED) is 0.749. The number of carbonyl (C=O) groups excluding carboxylic acids is 1. The Hall–Kier alpha value is -1.95. The highest BCUT2D eigenvalue weighted by Gasteiger charge is 2.33. The normalized spacial score (nSPS) is 17.8. The smallest absolute Gasteiger partial charge is 0.322 e. The number of hydrogen-bond donors (Lipinski definition) is 0. The van der Waals surface area contributed by atoms with Crippen molar-refractivity contribution in [1.29, 1.82) is 0 Å². The molecule has 0 unspecified atom stereocenters. The van der Waals surface area contributed by atoms with E-state index in [4.69, 9.17) is 0 Å². The maximum Gasteiger partial charge on any atom is 0.416 e. The molecule has 0 aliphatic carbocycles. The molecule has 0 spiro atoms. The summed E-state index contributed by atoms with van der Waals surface area (Å²) < 4.78 is 38.1. The Balaban J connectivity index is 1.81. The van der Waals surface area contributed by atoms with Crippen LogP contribution in [0.5, 0.6) is 0 Å². The summed E-state index contributed by atoms with van der Waals surface area (Å²) in [5, 5.41) is -0.249. The summed E-state index contributed by atoms with van der Waals surface area (Å²) in [5.74, 6) is 0.683. The Kier molecular flexibility index (Phi) is 5.08. The van der Waals surface area contributed by atoms with Crippen LogP contribution in [0.15, 0.2) is 48.5 Å². The lowest BCUT2D eigenvalue weighted by Gasteiger charge is -2.24. The fourth-order valence-electron chi connectivity index (χ4n) is 2.84. The molecule has 0 bridgehead atoms. The molecule has 132 valence electrons. The molecule has 3 rings (SSSR count). The lowest BCUT2D eigenvalue weighted by Crippen LogP contribution is -2.30. The number of aryl methyl sites for hydroxylation is 1. The van der Waals surface area contributed by atoms with Crippen LogP contribution in [-0.4, -0.2) is 23.1 Å². The van der Waals surface area contributed by atoms with Crippen molar-refractivity contribution < 1.29 is 18.0 Å². The molecule has 2 aromatic carbocycles. The first-order chi connectivity index (χ1) is 11.9. The molecule has 1 atom stereocenters. The maximum atomic E-state index is 12.8. The van der Waals surface area contributed by atoms with Crippen LogP contribution in [0.1, 0.15) is 39.3 Å². The van der Waals surface area contributed by atoms with Crippen molar-refractivity contribution in [3.05, 3.63) is 70.8 Å². The molecule has 1 fully saturated rings. The monoisotopic (exact) mass is 365 g/mol. The van der Waals surface area contributed by atoms with Gasteiger partial charge in [-0.05, 0) is 41.8 Å². The first-order valence-corrected chi connectivity index (χ1v) is 9.13. The Morgan fingerprint density at radius 1 is 1.12 bits per heavy atom. The molecule has 25 heavy (non-hydrogen) atoms. The molecule has 1 amide bonds. The third-order valence-corrected chi connectivity index (χ3v) is 5.54. The van der Waals surface area contributed by atoms with Crippen LogP contribution in [0.3, 0.4) is 0 Å². The van der Waals surface area contributed by atoms with E-state index in [1.807, 2.05) is 24.3 Å². The number of rotatable bonds is 3. The summed E-state index contributed by atoms with van der Waals surface area (Å²) in [4.78, 5) is 14.5. The zero-order chi connectivity index (χ0) is 18.0. The van der Waals surface area contributed by atoms with Crippen LogP contribution in [0.2, 0.25) is 0 Å². The van der Waals surface area contributed by atoms with Gasteiger partial charge in [-0.15, -0.1) is 11.8 Å². The van der Waals surface area contributed by atoms with Gasteiger partial charge in [0, 0.05) is 17.9 Å². The fraction of sp³-hybridized carbons (Fsp3) is 0.316. The summed E-state index contributed by atoms with van der Waals surface area (Å²) in [6, 6.07) is 12.6. The van der Waals surface area contributed by atoms with Crippen molar-refractivity contribution in [2.75, 3.05) is 12.3 Å². The van der Waals surface area contributed by atoms with Gasteiger partial charge in [0.25, 0.3) is 5.91 Å². The van der Waals surface area contributed by atoms with Gasteiger partial charge < -0.3 is 4.90 Å². The molecule has 6 heteroatoms. The maximum absolute atomic E-state index is 12.8. The van der Waals surface area contributed by atoms with Gasteiger partial charge in [0.05, 0.1) is 5.56 Å². The fourth-order valence-corrected chi connectivity index (χ4v) is 4.10. The van der Waals surface area contributed by atoms with Gasteiger partial charge in [0.2, 0.25) is 0 Å². The highest BCUT2D eigenvalue weighted by atomic mass is 32.2. The average Bonchev–Trinajstić information content (AvgIpc) is 3.10. The summed E-state index contributed by atoms with van der Waals surface area (Å²) in [7, 11) is 0. The van der Waals surface area contributed by atoms with Gasteiger partial charge in [-0.2, -0.15) is 13.2 Å². The summed E-state index contributed by atoms with van der Waals surface area (Å²) in [5.41, 5.74) is 1.81. The van der Waals surface area contributed by atoms with Gasteiger partial charge in [0.15, 0.2) is 0 Å². The zero-order valence-corrected chi connectivity index (χ0v) is 14.5. The van der Waals surface area contributed by atoms with E-state index >= 15 is 0 Å². The lowest BCUT2D eigenvalue weighted by atomic mass is 10.1. The van der Waals surface area contributed by atoms with E-state index < -0.39 is 11.7 Å². The number of halogens is 3. The largest absolute Gasteiger partial charge is 0.416 e. The minimum Gasteiger partial charge on any atom is -0.322 e. The third-order valence-electron chi connectivity index (χ3n) is 4.28. The Morgan fingerprint density at radius 2 is 1.76 bits per heavy atom. The first-order valence-electron chi connectivity index (χ1n) is 8.09. The predicted octanol–water partition coefficient (Wildman–Crippen LogP) is 5.16. The summed E-state index contributed by atoms with van der Waals surface area (Å²) in [6.07, 6.45) is -3.44. The van der Waals surface area contributed by atoms with Gasteiger partial charge in [-0.3, -0.25) is 4.79 Å². The number of thioether (sulfide) groups is 1. The Bertz CT molecular complexity index is 741. The van der Waals surface area contributed by atoms with E-state index in [0.717, 1.165) is 29.9 Å². The third kappa shape index (κ3) is 3.84. The molecule has 0 N–H and O–H groups in total. The summed E-state index contributed by atoms with van der Waals surface area (Å²) in [6.45, 7) is 2.64. The van der Waals surface area contributed by atoms with Crippen LogP contribution < -0.4 is 0 Å². The molecule has 2 nitrogen and oxygen atoms in total. The second-order valence-electron chi connectivity index (χ2n) is 5.89. The van der Waals surface area contributed by atoms with Gasteiger partial charge >= 0.3 is 6.18 Å². The van der Waals surface area contributed by atoms with Gasteiger partial charge in [-0.25, -0.2) is 0 Å². The van der Waals surface area contributed by atoms with E-state index in [-0.39, 0.29) is 11.3 Å². The Labute approximate surface area is 149 Å². The molecule has 2 aromatic rings. The van der Waals surface area contributed by atoms with Crippen molar-refractivity contribution >= 4 is 17.7 Å². The Morgan fingerprint density at radius 3 is 2.32 bits per heavy atom. The molecule has 1 aliphatic heterocycles. The molecule has 0 aromatic heterocycles. The van der Waals surface area contributed by atoms with E-state index in [9.17, 15) is 18.0 Å². The first kappa shape index (κ1) is 17.9. The number of nitrogens with zero attached hydrogens (tertiary/aromatic N) is 1. The van der Waals surface area contributed by atoms with Crippen LogP contribution in [0.25, 0.3) is 0 Å². The number of alkyl halides is 3. The van der Waals surface area contributed by atoms with Crippen LogP contribution in [-0.2, 0) is 12.6 Å². The minimum absolute atomic E-state index is 0.0856. The van der Waals surface area contributed by atoms with Crippen molar-refractivity contribution in [2.45, 2.75) is 24.9 Å². The molecule has 1 heterocycles. The topological polar surface area (TPSA) is 20.3 Å². The average molecular weight is 365 g/mol. The molecule has 1 saturated heterocycles. The number of hydrogen-bond acceptors (Lipinski definition) is 2. The SMILES string of the molecule is CCc1ccc(C(=O)N2CCS[C@@H]2c2ccc(C(F)(F)F)cc2)cc1. The van der Waals surface area contributed by atoms with E-state index in [1.54, 1.807) is 16.7 Å². The van der Waals surface area contributed by atoms with Crippen molar-refractivity contribution in [3.8, 4) is 0 Å². The highest BCUT2D eigenvalue weighted by Crippen LogP contribution is 2.39. The van der Waals surface area contributed by atoms with E-state index in [1.165, 1.54) is 12.1 Å². The minimum atomic E-state index is -4.35. The van der Waals surface area contributed by atoms with Crippen LogP contribution >= 0.6 is 11.8 Å². The number of benzene rings is 2. The van der Waals surface area contributed by atoms with E-state index in [0.29, 0.717) is 17.7 Å². The van der Waals surface area contributed by atoms with Crippen molar-refractivity contribution in [1.82, 2.24) is 4.90 Å². The van der Waals surface area contributed by atoms with E-state index in [2.05, 4.69) is 6.92 Å². The van der Waals surface area contributed by atoms with Crippen LogP contribution in [0.4, 0.5) is 13.2 Å². The van der Waals surface area contributed by atoms with Crippen molar-refractivity contribution in [3.63, 3.8) is 0 Å². The number of carbonyl (C=O) groups is 1. The van der Waals surface area contributed by atoms with Crippen molar-refractivity contribution in [2.24, 2.45) is 0 Å². The second kappa shape index (κ2) is 7.12. The standard InChI is InChI=1S/C19H18F3NOS/c1-2-13-3-5-14(6-4-13)17(24)23-11-12-25-18(23)15-7-9-16(10-8-15)19(20,21)22/h3-10,18H,2,11-12H2,1H3/t18-/m1/s1. The number of amides is 1. The second-order valence-corrected chi connectivity index (χ2v) is 7.08. The highest BCUT2D eigenvalue weighted by molar-refractivity contribution is 7.99. The van der Waals surface area contributed by atoms with Crippen LogP contribution in [0, 0.1) is 0 Å². The lowest BCUT2D eigenvalue weighted by molar-refractivity contribution is -0.137. The van der Waals surface area contributed by atoms with Gasteiger partial charge in [0.1, 0.15) is 5.37 Å². The predicted molar refractivity (Wildman–Crippen MR) is 93.5 cm³/mol. The molecule has 0 radical (unpaired) electrons. The molecular weight excluding hydrogens is 347 g/mol.